The van der Waals surface area contributed by atoms with E-state index in [-0.39, 0.29) is 11.9 Å². The summed E-state index contributed by atoms with van der Waals surface area (Å²) in [6.45, 7) is 2.85. The summed E-state index contributed by atoms with van der Waals surface area (Å²) in [6, 6.07) is 9.55. The van der Waals surface area contributed by atoms with Crippen LogP contribution in [0.15, 0.2) is 47.9 Å². The fourth-order valence-electron chi connectivity index (χ4n) is 3.06. The molecule has 0 bridgehead atoms. The Kier molecular flexibility index (Phi) is 5.34. The van der Waals surface area contributed by atoms with Gasteiger partial charge in [-0.2, -0.15) is 0 Å². The minimum Gasteiger partial charge on any atom is -0.365 e. The van der Waals surface area contributed by atoms with Crippen molar-refractivity contribution in [1.29, 1.82) is 0 Å². The van der Waals surface area contributed by atoms with E-state index in [0.717, 1.165) is 30.4 Å². The molecule has 1 aliphatic rings. The second kappa shape index (κ2) is 7.66. The number of amides is 2. The van der Waals surface area contributed by atoms with E-state index < -0.39 is 5.91 Å². The van der Waals surface area contributed by atoms with Gasteiger partial charge in [0.15, 0.2) is 0 Å². The summed E-state index contributed by atoms with van der Waals surface area (Å²) in [5, 5.41) is 1.90. The molecule has 0 aliphatic carbocycles. The Morgan fingerprint density at radius 3 is 2.64 bits per heavy atom. The van der Waals surface area contributed by atoms with Crippen molar-refractivity contribution < 1.29 is 9.59 Å². The molecule has 0 unspecified atom stereocenters. The molecule has 2 N–H and O–H groups in total. The van der Waals surface area contributed by atoms with Gasteiger partial charge in [0.2, 0.25) is 0 Å². The van der Waals surface area contributed by atoms with E-state index in [2.05, 4.69) is 19.1 Å². The van der Waals surface area contributed by atoms with E-state index in [0.29, 0.717) is 17.0 Å². The monoisotopic (exact) mass is 354 g/mol. The first kappa shape index (κ1) is 17.4. The number of benzene rings is 1. The third-order valence-electron chi connectivity index (χ3n) is 4.48. The molecule has 0 spiro atoms. The first-order valence-corrected chi connectivity index (χ1v) is 9.44. The van der Waals surface area contributed by atoms with E-state index >= 15 is 0 Å². The zero-order valence-electron chi connectivity index (χ0n) is 14.3. The topological polar surface area (TPSA) is 63.4 Å². The summed E-state index contributed by atoms with van der Waals surface area (Å²) < 4.78 is 0. The van der Waals surface area contributed by atoms with Crippen LogP contribution in [0.1, 0.15) is 46.2 Å². The van der Waals surface area contributed by atoms with Crippen molar-refractivity contribution in [3.8, 4) is 11.1 Å². The summed E-state index contributed by atoms with van der Waals surface area (Å²) in [6.07, 6.45) is 7.48. The van der Waals surface area contributed by atoms with Gasteiger partial charge in [-0.1, -0.05) is 44.1 Å². The second-order valence-electron chi connectivity index (χ2n) is 6.24. The highest BCUT2D eigenvalue weighted by Crippen LogP contribution is 2.26. The van der Waals surface area contributed by atoms with Crippen LogP contribution in [-0.4, -0.2) is 29.3 Å². The molecule has 1 aliphatic heterocycles. The van der Waals surface area contributed by atoms with Gasteiger partial charge in [-0.15, -0.1) is 11.3 Å². The number of nitrogens with two attached hydrogens (primary N) is 1. The average Bonchev–Trinajstić information content (AvgIpc) is 3.29. The van der Waals surface area contributed by atoms with Crippen LogP contribution in [-0.2, 0) is 0 Å². The smallest absolute Gasteiger partial charge is 0.258 e. The van der Waals surface area contributed by atoms with Crippen LogP contribution in [0.2, 0.25) is 0 Å². The molecule has 5 heteroatoms. The molecule has 2 amide bonds. The fraction of sp³-hybridized carbons (Fsp3) is 0.300. The molecule has 130 valence electrons. The largest absolute Gasteiger partial charge is 0.365 e. The number of carbonyl (C=O) groups is 2. The lowest BCUT2D eigenvalue weighted by atomic mass is 10.0. The van der Waals surface area contributed by atoms with Gasteiger partial charge in [-0.05, 0) is 41.1 Å². The lowest BCUT2D eigenvalue weighted by Crippen LogP contribution is -2.36. The Morgan fingerprint density at radius 1 is 1.24 bits per heavy atom. The predicted molar refractivity (Wildman–Crippen MR) is 102 cm³/mol. The van der Waals surface area contributed by atoms with Crippen LogP contribution in [0.4, 0.5) is 0 Å². The van der Waals surface area contributed by atoms with Crippen molar-refractivity contribution in [2.24, 2.45) is 5.73 Å². The van der Waals surface area contributed by atoms with Crippen molar-refractivity contribution in [2.75, 3.05) is 6.54 Å². The van der Waals surface area contributed by atoms with E-state index in [9.17, 15) is 9.59 Å². The molecule has 0 radical (unpaired) electrons. The molecule has 1 aromatic carbocycles. The number of thiophene rings is 1. The molecule has 25 heavy (non-hydrogen) atoms. The van der Waals surface area contributed by atoms with E-state index in [1.807, 2.05) is 34.5 Å². The van der Waals surface area contributed by atoms with Crippen molar-refractivity contribution in [2.45, 2.75) is 32.2 Å². The second-order valence-corrected chi connectivity index (χ2v) is 7.15. The number of primary amides is 1. The molecule has 1 atom stereocenters. The third kappa shape index (κ3) is 3.82. The molecule has 2 aromatic rings. The number of hydrogen-bond acceptors (Lipinski definition) is 3. The minimum absolute atomic E-state index is 0.0702. The van der Waals surface area contributed by atoms with Crippen molar-refractivity contribution in [3.63, 3.8) is 0 Å². The average molecular weight is 354 g/mol. The minimum atomic E-state index is -0.414. The van der Waals surface area contributed by atoms with Gasteiger partial charge >= 0.3 is 0 Å². The van der Waals surface area contributed by atoms with Crippen LogP contribution < -0.4 is 5.73 Å². The molecule has 3 rings (SSSR count). The molecule has 1 aromatic heterocycles. The van der Waals surface area contributed by atoms with Gasteiger partial charge in [0.25, 0.3) is 11.8 Å². The zero-order chi connectivity index (χ0) is 17.8. The van der Waals surface area contributed by atoms with E-state index in [1.165, 1.54) is 11.3 Å². The van der Waals surface area contributed by atoms with E-state index in [1.54, 1.807) is 6.07 Å². The Morgan fingerprint density at radius 2 is 2.00 bits per heavy atom. The first-order chi connectivity index (χ1) is 12.1. The first-order valence-electron chi connectivity index (χ1n) is 8.56. The Bertz CT molecular complexity index is 792. The van der Waals surface area contributed by atoms with Crippen molar-refractivity contribution >= 4 is 23.2 Å². The summed E-state index contributed by atoms with van der Waals surface area (Å²) in [5.41, 5.74) is 7.92. The SMILES string of the molecule is CCCC[C@H]1C=CCN1C(=O)c1ccc(-c2csc(C(N)=O)c2)cc1. The molecular formula is C20H22N2O2S. The maximum Gasteiger partial charge on any atom is 0.258 e. The maximum absolute atomic E-state index is 12.8. The highest BCUT2D eigenvalue weighted by atomic mass is 32.1. The van der Waals surface area contributed by atoms with Crippen LogP contribution in [0.5, 0.6) is 0 Å². The van der Waals surface area contributed by atoms with Gasteiger partial charge in [0.1, 0.15) is 0 Å². The van der Waals surface area contributed by atoms with Crippen LogP contribution >= 0.6 is 11.3 Å². The van der Waals surface area contributed by atoms with Gasteiger partial charge < -0.3 is 10.6 Å². The number of nitrogens with zero attached hydrogens (tertiary/aromatic N) is 1. The summed E-state index contributed by atoms with van der Waals surface area (Å²) in [4.78, 5) is 26.5. The zero-order valence-corrected chi connectivity index (χ0v) is 15.1. The van der Waals surface area contributed by atoms with Crippen LogP contribution in [0.3, 0.4) is 0 Å². The number of carbonyl (C=O) groups excluding carboxylic acids is 2. The molecule has 0 saturated carbocycles. The van der Waals surface area contributed by atoms with Gasteiger partial charge in [0.05, 0.1) is 10.9 Å². The summed E-state index contributed by atoms with van der Waals surface area (Å²) >= 11 is 1.33. The standard InChI is InChI=1S/C20H22N2O2S/c1-2-3-5-17-6-4-11-22(17)20(24)15-9-7-14(8-10-15)16-12-18(19(21)23)25-13-16/h4,6-10,12-13,17H,2-3,5,11H2,1H3,(H2,21,23)/t17-/m0/s1. The lowest BCUT2D eigenvalue weighted by Gasteiger charge is -2.24. The fourth-order valence-corrected chi connectivity index (χ4v) is 3.83. The van der Waals surface area contributed by atoms with E-state index in [4.69, 9.17) is 5.73 Å². The third-order valence-corrected chi connectivity index (χ3v) is 5.43. The van der Waals surface area contributed by atoms with Gasteiger partial charge in [-0.3, -0.25) is 9.59 Å². The van der Waals surface area contributed by atoms with Crippen LogP contribution in [0.25, 0.3) is 11.1 Å². The van der Waals surface area contributed by atoms with Gasteiger partial charge in [0, 0.05) is 12.1 Å². The maximum atomic E-state index is 12.8. The predicted octanol–water partition coefficient (Wildman–Crippen LogP) is 4.08. The number of hydrogen-bond donors (Lipinski definition) is 1. The Hall–Kier alpha value is -2.40. The normalized spacial score (nSPS) is 16.4. The van der Waals surface area contributed by atoms with Crippen molar-refractivity contribution in [1.82, 2.24) is 4.90 Å². The molecule has 2 heterocycles. The number of rotatable bonds is 6. The molecule has 0 saturated heterocycles. The van der Waals surface area contributed by atoms with Crippen LogP contribution in [0, 0.1) is 0 Å². The quantitative estimate of drug-likeness (QED) is 0.794. The molecule has 0 fully saturated rings. The number of unbranched alkanes of at least 4 members (excludes halogenated alkanes) is 1. The van der Waals surface area contributed by atoms with Crippen molar-refractivity contribution in [3.05, 3.63) is 58.3 Å². The molecule has 4 nitrogen and oxygen atoms in total. The van der Waals surface area contributed by atoms with Gasteiger partial charge in [-0.25, -0.2) is 0 Å². The highest BCUT2D eigenvalue weighted by molar-refractivity contribution is 7.12. The summed E-state index contributed by atoms with van der Waals surface area (Å²) in [5.74, 6) is -0.344. The Labute approximate surface area is 152 Å². The highest BCUT2D eigenvalue weighted by Gasteiger charge is 2.25. The lowest BCUT2D eigenvalue weighted by molar-refractivity contribution is 0.0743. The Balaban J connectivity index is 1.73. The summed E-state index contributed by atoms with van der Waals surface area (Å²) in [7, 11) is 0. The molecular weight excluding hydrogens is 332 g/mol.